The summed E-state index contributed by atoms with van der Waals surface area (Å²) in [7, 11) is -4.64. The van der Waals surface area contributed by atoms with E-state index in [1.807, 2.05) is 0 Å². The summed E-state index contributed by atoms with van der Waals surface area (Å²) in [5.41, 5.74) is 13.4. The highest BCUT2D eigenvalue weighted by atomic mass is 31.2. The number of anilines is 2. The first-order valence-electron chi connectivity index (χ1n) is 10.8. The smallest absolute Gasteiger partial charge is 0.394 e. The van der Waals surface area contributed by atoms with Crippen molar-refractivity contribution in [1.82, 2.24) is 39.0 Å². The van der Waals surface area contributed by atoms with Gasteiger partial charge in [-0.3, -0.25) is 9.13 Å². The second-order valence-corrected chi connectivity index (χ2v) is 8.40. The fourth-order valence-electron chi connectivity index (χ4n) is 2.68. The Bertz CT molecular complexity index is 1240. The van der Waals surface area contributed by atoms with Gasteiger partial charge >= 0.3 is 7.82 Å². The van der Waals surface area contributed by atoms with Crippen molar-refractivity contribution in [2.45, 2.75) is 25.7 Å². The van der Waals surface area contributed by atoms with Gasteiger partial charge in [0.2, 0.25) is 0 Å². The Balaban J connectivity index is 0.000000234. The van der Waals surface area contributed by atoms with E-state index in [1.165, 1.54) is 25.3 Å². The number of aliphatic hydroxyl groups is 4. The molecule has 0 fully saturated rings. The number of nitrogens with two attached hydrogens (primary N) is 2. The maximum absolute atomic E-state index is 8.88. The van der Waals surface area contributed by atoms with Crippen LogP contribution in [-0.2, 0) is 27.5 Å². The second kappa shape index (κ2) is 15.2. The molecule has 0 aliphatic rings. The SMILES string of the molecule is Nc1ncnc2c1ncn2COC(CO)CO.Nc1ncnc2c1ncn2COC(CO)CO.O=P(O)(O)O. The van der Waals surface area contributed by atoms with Crippen LogP contribution in [-0.4, -0.2) is 113 Å². The molecule has 0 atom stereocenters. The molecule has 4 aromatic rings. The molecule has 0 bridgehead atoms. The number of nitrogen functional groups attached to an aromatic ring is 2. The molecule has 0 radical (unpaired) electrons. The van der Waals surface area contributed by atoms with E-state index in [4.69, 9.17) is 60.6 Å². The van der Waals surface area contributed by atoms with E-state index in [9.17, 15) is 0 Å². The van der Waals surface area contributed by atoms with Crippen molar-refractivity contribution in [2.24, 2.45) is 0 Å². The van der Waals surface area contributed by atoms with Crippen LogP contribution in [0.3, 0.4) is 0 Å². The number of hydrogen-bond acceptors (Lipinski definition) is 15. The van der Waals surface area contributed by atoms with E-state index >= 15 is 0 Å². The predicted molar refractivity (Wildman–Crippen MR) is 132 cm³/mol. The van der Waals surface area contributed by atoms with E-state index < -0.39 is 20.0 Å². The molecule has 0 aromatic carbocycles. The second-order valence-electron chi connectivity index (χ2n) is 7.37. The van der Waals surface area contributed by atoms with E-state index in [2.05, 4.69) is 29.9 Å². The molecule has 0 aliphatic carbocycles. The average molecular weight is 576 g/mol. The summed E-state index contributed by atoms with van der Waals surface area (Å²) in [6, 6.07) is 0. The summed E-state index contributed by atoms with van der Waals surface area (Å²) in [6.45, 7) is -0.751. The topological polar surface area (TPSA) is 316 Å². The molecule has 4 rings (SSSR count). The number of nitrogens with zero attached hydrogens (tertiary/aromatic N) is 8. The first-order chi connectivity index (χ1) is 18.5. The Morgan fingerprint density at radius 1 is 0.692 bits per heavy atom. The summed E-state index contributed by atoms with van der Waals surface area (Å²) >= 11 is 0. The van der Waals surface area contributed by atoms with Crippen molar-refractivity contribution < 1.29 is 49.1 Å². The van der Waals surface area contributed by atoms with Crippen LogP contribution in [0, 0.1) is 0 Å². The minimum Gasteiger partial charge on any atom is -0.394 e. The van der Waals surface area contributed by atoms with Gasteiger partial charge < -0.3 is 56.0 Å². The Kier molecular flexibility index (Phi) is 12.4. The summed E-state index contributed by atoms with van der Waals surface area (Å²) < 4.78 is 22.6. The lowest BCUT2D eigenvalue weighted by atomic mass is 10.4. The van der Waals surface area contributed by atoms with Crippen LogP contribution in [0.2, 0.25) is 0 Å². The van der Waals surface area contributed by atoms with Gasteiger partial charge in [-0.05, 0) is 0 Å². The lowest BCUT2D eigenvalue weighted by Gasteiger charge is -2.12. The zero-order chi connectivity index (χ0) is 29.0. The molecule has 4 heterocycles. The third-order valence-electron chi connectivity index (χ3n) is 4.57. The van der Waals surface area contributed by atoms with Crippen LogP contribution in [0.15, 0.2) is 25.3 Å². The lowest BCUT2D eigenvalue weighted by molar-refractivity contribution is -0.0488. The zero-order valence-electron chi connectivity index (χ0n) is 20.2. The van der Waals surface area contributed by atoms with Crippen molar-refractivity contribution in [3.63, 3.8) is 0 Å². The average Bonchev–Trinajstić information content (AvgIpc) is 3.51. The van der Waals surface area contributed by atoms with Gasteiger partial charge in [-0.15, -0.1) is 0 Å². The number of imidazole rings is 2. The van der Waals surface area contributed by atoms with E-state index in [1.54, 1.807) is 9.13 Å². The molecule has 0 amide bonds. The van der Waals surface area contributed by atoms with Crippen LogP contribution in [0.4, 0.5) is 11.6 Å². The molecule has 216 valence electrons. The van der Waals surface area contributed by atoms with Crippen LogP contribution < -0.4 is 11.5 Å². The summed E-state index contributed by atoms with van der Waals surface area (Å²) in [5, 5.41) is 35.4. The number of hydrogen-bond donors (Lipinski definition) is 9. The van der Waals surface area contributed by atoms with Crippen molar-refractivity contribution in [3.05, 3.63) is 25.3 Å². The molecule has 11 N–H and O–H groups in total. The quantitative estimate of drug-likeness (QED) is 0.0828. The Hall–Kier alpha value is -3.43. The fraction of sp³-hybridized carbons (Fsp3) is 0.444. The van der Waals surface area contributed by atoms with Crippen molar-refractivity contribution >= 4 is 41.8 Å². The predicted octanol–water partition coefficient (Wildman–Crippen LogP) is -3.46. The number of ether oxygens (including phenoxy) is 2. The van der Waals surface area contributed by atoms with E-state index in [0.717, 1.165) is 0 Å². The first kappa shape index (κ1) is 31.8. The van der Waals surface area contributed by atoms with Gasteiger partial charge in [0.05, 0.1) is 39.1 Å². The van der Waals surface area contributed by atoms with Crippen molar-refractivity contribution in [2.75, 3.05) is 37.9 Å². The maximum Gasteiger partial charge on any atom is 0.466 e. The minimum atomic E-state index is -4.64. The maximum atomic E-state index is 8.88. The molecule has 39 heavy (non-hydrogen) atoms. The van der Waals surface area contributed by atoms with Gasteiger partial charge in [-0.25, -0.2) is 34.5 Å². The number of phosphoric acid groups is 1. The van der Waals surface area contributed by atoms with Gasteiger partial charge in [0, 0.05) is 0 Å². The van der Waals surface area contributed by atoms with Gasteiger partial charge in [-0.2, -0.15) is 0 Å². The van der Waals surface area contributed by atoms with Crippen LogP contribution in [0.5, 0.6) is 0 Å². The summed E-state index contributed by atoms with van der Waals surface area (Å²) in [6.07, 6.45) is 4.47. The van der Waals surface area contributed by atoms with Crippen LogP contribution >= 0.6 is 7.82 Å². The Morgan fingerprint density at radius 2 is 1.03 bits per heavy atom. The van der Waals surface area contributed by atoms with Gasteiger partial charge in [0.25, 0.3) is 0 Å². The van der Waals surface area contributed by atoms with E-state index in [-0.39, 0.29) is 39.9 Å². The molecule has 0 unspecified atom stereocenters. The molecular weight excluding hydrogens is 547 g/mol. The Labute approximate surface area is 219 Å². The highest BCUT2D eigenvalue weighted by Gasteiger charge is 2.11. The lowest BCUT2D eigenvalue weighted by Crippen LogP contribution is -2.23. The standard InChI is InChI=1S/2C9H13N5O3.H3O4P/c2*10-8-7-9(12-3-11-8)14(4-13-7)5-17-6(1-15)2-16;1-5(2,3)4/h2*3-4,6,15-16H,1-2,5H2,(H2,10,11,12);(H3,1,2,3,4). The van der Waals surface area contributed by atoms with Gasteiger partial charge in [0.15, 0.2) is 22.9 Å². The highest BCUT2D eigenvalue weighted by Crippen LogP contribution is 2.25. The normalized spacial score (nSPS) is 11.5. The molecule has 4 aromatic heterocycles. The third kappa shape index (κ3) is 10.00. The molecule has 21 heteroatoms. The summed E-state index contributed by atoms with van der Waals surface area (Å²) in [4.78, 5) is 45.4. The Morgan fingerprint density at radius 3 is 1.33 bits per heavy atom. The van der Waals surface area contributed by atoms with Gasteiger partial charge in [0.1, 0.15) is 49.4 Å². The highest BCUT2D eigenvalue weighted by molar-refractivity contribution is 7.45. The van der Waals surface area contributed by atoms with Gasteiger partial charge in [-0.1, -0.05) is 0 Å². The number of aromatic nitrogens is 8. The van der Waals surface area contributed by atoms with Crippen LogP contribution in [0.1, 0.15) is 0 Å². The largest absolute Gasteiger partial charge is 0.466 e. The fourth-order valence-corrected chi connectivity index (χ4v) is 2.68. The molecular formula is C18H29N10O10P. The zero-order valence-corrected chi connectivity index (χ0v) is 21.1. The van der Waals surface area contributed by atoms with Crippen molar-refractivity contribution in [3.8, 4) is 0 Å². The number of aliphatic hydroxyl groups excluding tert-OH is 4. The van der Waals surface area contributed by atoms with Crippen LogP contribution in [0.25, 0.3) is 22.3 Å². The molecule has 0 aliphatic heterocycles. The molecule has 0 saturated heterocycles. The summed E-state index contributed by atoms with van der Waals surface area (Å²) in [5.74, 6) is 0.601. The molecule has 0 spiro atoms. The molecule has 20 nitrogen and oxygen atoms in total. The third-order valence-corrected chi connectivity index (χ3v) is 4.57. The monoisotopic (exact) mass is 576 g/mol. The minimum absolute atomic E-state index is 0.124. The molecule has 0 saturated carbocycles. The van der Waals surface area contributed by atoms with Crippen molar-refractivity contribution in [1.29, 1.82) is 0 Å². The van der Waals surface area contributed by atoms with E-state index in [0.29, 0.717) is 34.0 Å². The number of rotatable bonds is 10. The number of fused-ring (bicyclic) bond motifs is 2. The first-order valence-corrected chi connectivity index (χ1v) is 12.4.